The van der Waals surface area contributed by atoms with Crippen molar-refractivity contribution >= 4 is 5.91 Å². The van der Waals surface area contributed by atoms with Crippen molar-refractivity contribution in [1.29, 1.82) is 0 Å². The molecule has 0 fully saturated rings. The van der Waals surface area contributed by atoms with Gasteiger partial charge >= 0.3 is 0 Å². The Kier molecular flexibility index (Phi) is 6.28. The summed E-state index contributed by atoms with van der Waals surface area (Å²) in [5.74, 6) is -0.274. The molecule has 0 spiro atoms. The van der Waals surface area contributed by atoms with E-state index in [-0.39, 0.29) is 25.4 Å². The minimum Gasteiger partial charge on any atom is -0.336 e. The second-order valence-electron chi connectivity index (χ2n) is 4.01. The van der Waals surface area contributed by atoms with Crippen LogP contribution in [0.2, 0.25) is 0 Å². The lowest BCUT2D eigenvalue weighted by Crippen LogP contribution is -2.38. The van der Waals surface area contributed by atoms with Crippen LogP contribution in [0.5, 0.6) is 0 Å². The highest BCUT2D eigenvalue weighted by Gasteiger charge is 2.17. The molecule has 1 amide bonds. The van der Waals surface area contributed by atoms with Crippen LogP contribution in [-0.4, -0.2) is 36.9 Å². The van der Waals surface area contributed by atoms with Gasteiger partial charge in [-0.05, 0) is 12.0 Å². The number of carbonyl (C=O) groups is 1. The second kappa shape index (κ2) is 7.76. The van der Waals surface area contributed by atoms with Gasteiger partial charge in [0.15, 0.2) is 0 Å². The van der Waals surface area contributed by atoms with Gasteiger partial charge in [0, 0.05) is 19.5 Å². The SMILES string of the molecule is NCCN(CC(F)F)C(=O)CCc1ccccc1. The predicted octanol–water partition coefficient (Wildman–Crippen LogP) is 1.67. The van der Waals surface area contributed by atoms with Gasteiger partial charge in [0.05, 0.1) is 6.54 Å². The third-order valence-corrected chi connectivity index (χ3v) is 2.58. The molecule has 0 aromatic heterocycles. The summed E-state index contributed by atoms with van der Waals surface area (Å²) in [6.07, 6.45) is -1.72. The van der Waals surface area contributed by atoms with E-state index in [1.165, 1.54) is 0 Å². The largest absolute Gasteiger partial charge is 0.336 e. The van der Waals surface area contributed by atoms with E-state index < -0.39 is 13.0 Å². The van der Waals surface area contributed by atoms with Gasteiger partial charge < -0.3 is 10.6 Å². The molecule has 1 aromatic rings. The molecule has 5 heteroatoms. The number of nitrogens with two attached hydrogens (primary N) is 1. The lowest BCUT2D eigenvalue weighted by Gasteiger charge is -2.21. The summed E-state index contributed by atoms with van der Waals surface area (Å²) in [6.45, 7) is -0.160. The lowest BCUT2D eigenvalue weighted by atomic mass is 10.1. The van der Waals surface area contributed by atoms with E-state index in [1.54, 1.807) is 0 Å². The number of halogens is 2. The maximum Gasteiger partial charge on any atom is 0.255 e. The lowest BCUT2D eigenvalue weighted by molar-refractivity contribution is -0.133. The highest BCUT2D eigenvalue weighted by Crippen LogP contribution is 2.06. The van der Waals surface area contributed by atoms with Crippen LogP contribution in [0.15, 0.2) is 30.3 Å². The molecular weight excluding hydrogens is 238 g/mol. The third kappa shape index (κ3) is 5.23. The molecule has 2 N–H and O–H groups in total. The zero-order valence-corrected chi connectivity index (χ0v) is 10.2. The average Bonchev–Trinajstić information content (AvgIpc) is 2.36. The molecule has 3 nitrogen and oxygen atoms in total. The molecule has 0 atom stereocenters. The van der Waals surface area contributed by atoms with Crippen LogP contribution >= 0.6 is 0 Å². The Morgan fingerprint density at radius 2 is 1.94 bits per heavy atom. The van der Waals surface area contributed by atoms with Crippen molar-refractivity contribution in [3.63, 3.8) is 0 Å². The zero-order chi connectivity index (χ0) is 13.4. The van der Waals surface area contributed by atoms with Gasteiger partial charge in [0.25, 0.3) is 6.43 Å². The summed E-state index contributed by atoms with van der Waals surface area (Å²) in [5.41, 5.74) is 6.34. The number of nitrogens with zero attached hydrogens (tertiary/aromatic N) is 1. The maximum absolute atomic E-state index is 12.3. The summed E-state index contributed by atoms with van der Waals surface area (Å²) >= 11 is 0. The molecule has 0 saturated carbocycles. The van der Waals surface area contributed by atoms with Crippen molar-refractivity contribution in [1.82, 2.24) is 4.90 Å². The molecule has 100 valence electrons. The average molecular weight is 256 g/mol. The van der Waals surface area contributed by atoms with Crippen LogP contribution in [-0.2, 0) is 11.2 Å². The topological polar surface area (TPSA) is 46.3 Å². The Bertz CT molecular complexity index is 357. The standard InChI is InChI=1S/C13H18F2N2O/c14-12(15)10-17(9-8-16)13(18)7-6-11-4-2-1-3-5-11/h1-5,12H,6-10,16H2. The molecule has 0 unspecified atom stereocenters. The van der Waals surface area contributed by atoms with E-state index in [0.29, 0.717) is 6.42 Å². The first-order valence-corrected chi connectivity index (χ1v) is 5.93. The van der Waals surface area contributed by atoms with Crippen LogP contribution < -0.4 is 5.73 Å². The summed E-state index contributed by atoms with van der Waals surface area (Å²) < 4.78 is 24.6. The minimum atomic E-state index is -2.52. The van der Waals surface area contributed by atoms with Gasteiger partial charge in [0.1, 0.15) is 0 Å². The van der Waals surface area contributed by atoms with Crippen molar-refractivity contribution < 1.29 is 13.6 Å². The molecule has 0 aliphatic carbocycles. The fraction of sp³-hybridized carbons (Fsp3) is 0.462. The number of hydrogen-bond acceptors (Lipinski definition) is 2. The van der Waals surface area contributed by atoms with Crippen molar-refractivity contribution in [3.8, 4) is 0 Å². The number of rotatable bonds is 7. The van der Waals surface area contributed by atoms with Gasteiger partial charge in [-0.1, -0.05) is 30.3 Å². The van der Waals surface area contributed by atoms with E-state index in [4.69, 9.17) is 5.73 Å². The van der Waals surface area contributed by atoms with E-state index in [1.807, 2.05) is 30.3 Å². The maximum atomic E-state index is 12.3. The smallest absolute Gasteiger partial charge is 0.255 e. The van der Waals surface area contributed by atoms with E-state index >= 15 is 0 Å². The number of alkyl halides is 2. The van der Waals surface area contributed by atoms with Crippen LogP contribution in [0.4, 0.5) is 8.78 Å². The molecule has 0 saturated heterocycles. The number of aryl methyl sites for hydroxylation is 1. The Hall–Kier alpha value is -1.49. The third-order valence-electron chi connectivity index (χ3n) is 2.58. The van der Waals surface area contributed by atoms with E-state index in [2.05, 4.69) is 0 Å². The first-order chi connectivity index (χ1) is 8.63. The molecule has 0 aliphatic rings. The Morgan fingerprint density at radius 1 is 1.28 bits per heavy atom. The van der Waals surface area contributed by atoms with Gasteiger partial charge in [-0.2, -0.15) is 0 Å². The first kappa shape index (κ1) is 14.6. The Morgan fingerprint density at radius 3 is 2.50 bits per heavy atom. The number of carbonyl (C=O) groups excluding carboxylic acids is 1. The van der Waals surface area contributed by atoms with Crippen LogP contribution in [0, 0.1) is 0 Å². The first-order valence-electron chi connectivity index (χ1n) is 5.93. The molecule has 0 bridgehead atoms. The highest BCUT2D eigenvalue weighted by atomic mass is 19.3. The van der Waals surface area contributed by atoms with Crippen LogP contribution in [0.3, 0.4) is 0 Å². The Labute approximate surface area is 106 Å². The highest BCUT2D eigenvalue weighted by molar-refractivity contribution is 5.76. The van der Waals surface area contributed by atoms with E-state index in [9.17, 15) is 13.6 Å². The summed E-state index contributed by atoms with van der Waals surface area (Å²) in [7, 11) is 0. The second-order valence-corrected chi connectivity index (χ2v) is 4.01. The van der Waals surface area contributed by atoms with E-state index in [0.717, 1.165) is 10.5 Å². The quantitative estimate of drug-likeness (QED) is 0.806. The summed E-state index contributed by atoms with van der Waals surface area (Å²) in [6, 6.07) is 9.48. The monoisotopic (exact) mass is 256 g/mol. The number of benzene rings is 1. The zero-order valence-electron chi connectivity index (χ0n) is 10.2. The fourth-order valence-corrected chi connectivity index (χ4v) is 1.69. The Balaban J connectivity index is 2.46. The van der Waals surface area contributed by atoms with Crippen molar-refractivity contribution in [2.24, 2.45) is 5.73 Å². The molecular formula is C13H18F2N2O. The molecule has 0 aliphatic heterocycles. The van der Waals surface area contributed by atoms with Gasteiger partial charge in [-0.15, -0.1) is 0 Å². The van der Waals surface area contributed by atoms with Crippen LogP contribution in [0.1, 0.15) is 12.0 Å². The summed E-state index contributed by atoms with van der Waals surface area (Å²) in [5, 5.41) is 0. The summed E-state index contributed by atoms with van der Waals surface area (Å²) in [4.78, 5) is 12.9. The minimum absolute atomic E-state index is 0.179. The molecule has 1 aromatic carbocycles. The van der Waals surface area contributed by atoms with Gasteiger partial charge in [-0.25, -0.2) is 8.78 Å². The molecule has 18 heavy (non-hydrogen) atoms. The predicted molar refractivity (Wildman–Crippen MR) is 66.4 cm³/mol. The normalized spacial score (nSPS) is 10.7. The fourth-order valence-electron chi connectivity index (χ4n) is 1.69. The van der Waals surface area contributed by atoms with Crippen molar-refractivity contribution in [2.75, 3.05) is 19.6 Å². The molecule has 0 radical (unpaired) electrons. The number of amides is 1. The number of hydrogen-bond donors (Lipinski definition) is 1. The molecule has 0 heterocycles. The van der Waals surface area contributed by atoms with Gasteiger partial charge in [-0.3, -0.25) is 4.79 Å². The van der Waals surface area contributed by atoms with Crippen molar-refractivity contribution in [3.05, 3.63) is 35.9 Å². The van der Waals surface area contributed by atoms with Crippen molar-refractivity contribution in [2.45, 2.75) is 19.3 Å². The van der Waals surface area contributed by atoms with Crippen LogP contribution in [0.25, 0.3) is 0 Å². The molecule has 1 rings (SSSR count). The van der Waals surface area contributed by atoms with Gasteiger partial charge in [0.2, 0.25) is 5.91 Å².